The third kappa shape index (κ3) is 5.01. The van der Waals surface area contributed by atoms with Gasteiger partial charge in [0.05, 0.1) is 4.90 Å². The van der Waals surface area contributed by atoms with Crippen LogP contribution in [0.25, 0.3) is 0 Å². The Morgan fingerprint density at radius 3 is 2.35 bits per heavy atom. The largest absolute Gasteiger partial charge is 0.314 e. The van der Waals surface area contributed by atoms with E-state index >= 15 is 0 Å². The van der Waals surface area contributed by atoms with Gasteiger partial charge in [0.15, 0.2) is 0 Å². The average Bonchev–Trinajstić information content (AvgIpc) is 2.56. The Morgan fingerprint density at radius 2 is 1.78 bits per heavy atom. The van der Waals surface area contributed by atoms with Gasteiger partial charge >= 0.3 is 0 Å². The van der Waals surface area contributed by atoms with E-state index in [-0.39, 0.29) is 5.41 Å². The van der Waals surface area contributed by atoms with Gasteiger partial charge < -0.3 is 5.32 Å². The van der Waals surface area contributed by atoms with Gasteiger partial charge in [-0.05, 0) is 29.5 Å². The molecule has 1 saturated heterocycles. The fourth-order valence-corrected chi connectivity index (χ4v) is 3.67. The maximum Gasteiger partial charge on any atom is 0.240 e. The molecule has 1 aliphatic heterocycles. The number of nitrogens with one attached hydrogen (secondary N) is 2. The summed E-state index contributed by atoms with van der Waals surface area (Å²) in [5.41, 5.74) is 1.23. The van der Waals surface area contributed by atoms with Gasteiger partial charge in [0.25, 0.3) is 0 Å². The Labute approximate surface area is 140 Å². The van der Waals surface area contributed by atoms with E-state index in [4.69, 9.17) is 0 Å². The molecule has 0 spiro atoms. The molecule has 1 aliphatic rings. The van der Waals surface area contributed by atoms with Crippen LogP contribution in [-0.2, 0) is 15.4 Å². The Morgan fingerprint density at radius 1 is 1.17 bits per heavy atom. The maximum absolute atomic E-state index is 12.4. The first kappa shape index (κ1) is 18.4. The summed E-state index contributed by atoms with van der Waals surface area (Å²) < 4.78 is 27.4. The fraction of sp³-hybridized carbons (Fsp3) is 0.647. The van der Waals surface area contributed by atoms with Crippen LogP contribution in [-0.4, -0.2) is 52.6 Å². The van der Waals surface area contributed by atoms with Crippen molar-refractivity contribution in [2.45, 2.75) is 37.5 Å². The Kier molecular flexibility index (Phi) is 6.19. The molecular weight excluding hydrogens is 310 g/mol. The summed E-state index contributed by atoms with van der Waals surface area (Å²) >= 11 is 0. The highest BCUT2D eigenvalue weighted by molar-refractivity contribution is 7.89. The molecule has 130 valence electrons. The van der Waals surface area contributed by atoms with E-state index in [2.05, 4.69) is 35.7 Å². The third-order valence-corrected chi connectivity index (χ3v) is 6.24. The van der Waals surface area contributed by atoms with Crippen molar-refractivity contribution in [3.8, 4) is 0 Å². The second-order valence-corrected chi connectivity index (χ2v) is 8.52. The van der Waals surface area contributed by atoms with Crippen molar-refractivity contribution in [3.63, 3.8) is 0 Å². The SMILES string of the molecule is CCC(C)(C)c1ccc(S(=O)(=O)NCCN2CCNCC2)cc1. The normalized spacial score (nSPS) is 17.3. The van der Waals surface area contributed by atoms with Crippen LogP contribution < -0.4 is 10.0 Å². The van der Waals surface area contributed by atoms with Crippen molar-refractivity contribution in [3.05, 3.63) is 29.8 Å². The van der Waals surface area contributed by atoms with Crippen molar-refractivity contribution in [1.82, 2.24) is 14.9 Å². The highest BCUT2D eigenvalue weighted by atomic mass is 32.2. The van der Waals surface area contributed by atoms with Gasteiger partial charge in [-0.25, -0.2) is 13.1 Å². The topological polar surface area (TPSA) is 61.4 Å². The Hall–Kier alpha value is -0.950. The van der Waals surface area contributed by atoms with Crippen LogP contribution in [0.2, 0.25) is 0 Å². The van der Waals surface area contributed by atoms with Gasteiger partial charge in [0, 0.05) is 39.3 Å². The summed E-state index contributed by atoms with van der Waals surface area (Å²) in [6.45, 7) is 11.6. The molecule has 1 heterocycles. The molecule has 23 heavy (non-hydrogen) atoms. The number of hydrogen-bond acceptors (Lipinski definition) is 4. The van der Waals surface area contributed by atoms with Crippen molar-refractivity contribution >= 4 is 10.0 Å². The molecule has 1 fully saturated rings. The minimum Gasteiger partial charge on any atom is -0.314 e. The quantitative estimate of drug-likeness (QED) is 0.791. The molecule has 2 N–H and O–H groups in total. The van der Waals surface area contributed by atoms with Gasteiger partial charge in [-0.3, -0.25) is 4.90 Å². The molecular formula is C17H29N3O2S. The standard InChI is InChI=1S/C17H29N3O2S/c1-4-17(2,3)15-5-7-16(8-6-15)23(21,22)19-11-14-20-12-9-18-10-13-20/h5-8,18-19H,4,9-14H2,1-3H3. The van der Waals surface area contributed by atoms with Crippen LogP contribution in [0.15, 0.2) is 29.2 Å². The molecule has 2 rings (SSSR count). The predicted octanol–water partition coefficient (Wildman–Crippen LogP) is 1.56. The van der Waals surface area contributed by atoms with Gasteiger partial charge in [0.1, 0.15) is 0 Å². The summed E-state index contributed by atoms with van der Waals surface area (Å²) in [6.07, 6.45) is 1.02. The van der Waals surface area contributed by atoms with Crippen molar-refractivity contribution in [2.24, 2.45) is 0 Å². The van der Waals surface area contributed by atoms with Crippen LogP contribution in [0.1, 0.15) is 32.8 Å². The second-order valence-electron chi connectivity index (χ2n) is 6.75. The first-order valence-electron chi connectivity index (χ1n) is 8.38. The fourth-order valence-electron chi connectivity index (χ4n) is 2.65. The number of hydrogen-bond donors (Lipinski definition) is 2. The molecule has 0 aliphatic carbocycles. The van der Waals surface area contributed by atoms with E-state index < -0.39 is 10.0 Å². The number of sulfonamides is 1. The van der Waals surface area contributed by atoms with Gasteiger partial charge in [-0.2, -0.15) is 0 Å². The van der Waals surface area contributed by atoms with Crippen LogP contribution in [0.3, 0.4) is 0 Å². The first-order valence-corrected chi connectivity index (χ1v) is 9.87. The zero-order valence-corrected chi connectivity index (χ0v) is 15.2. The molecule has 0 unspecified atom stereocenters. The molecule has 1 aromatic rings. The lowest BCUT2D eigenvalue weighted by atomic mass is 9.82. The summed E-state index contributed by atoms with van der Waals surface area (Å²) in [4.78, 5) is 2.61. The van der Waals surface area contributed by atoms with Crippen LogP contribution in [0, 0.1) is 0 Å². The Balaban J connectivity index is 1.93. The molecule has 0 saturated carbocycles. The monoisotopic (exact) mass is 339 g/mol. The Bertz CT molecular complexity index is 591. The molecule has 0 aromatic heterocycles. The molecule has 0 radical (unpaired) electrons. The van der Waals surface area contributed by atoms with E-state index in [1.807, 2.05) is 12.1 Å². The van der Waals surface area contributed by atoms with Crippen molar-refractivity contribution in [1.29, 1.82) is 0 Å². The van der Waals surface area contributed by atoms with Crippen LogP contribution in [0.5, 0.6) is 0 Å². The number of benzene rings is 1. The molecule has 0 atom stereocenters. The van der Waals surface area contributed by atoms with Crippen molar-refractivity contribution < 1.29 is 8.42 Å². The second kappa shape index (κ2) is 7.75. The van der Waals surface area contributed by atoms with Gasteiger partial charge in [-0.1, -0.05) is 32.9 Å². The zero-order chi connectivity index (χ0) is 16.9. The van der Waals surface area contributed by atoms with Crippen LogP contribution >= 0.6 is 0 Å². The zero-order valence-electron chi connectivity index (χ0n) is 14.4. The van der Waals surface area contributed by atoms with E-state index in [1.165, 1.54) is 5.56 Å². The van der Waals surface area contributed by atoms with Gasteiger partial charge in [-0.15, -0.1) is 0 Å². The number of rotatable bonds is 7. The third-order valence-electron chi connectivity index (χ3n) is 4.76. The van der Waals surface area contributed by atoms with Crippen molar-refractivity contribution in [2.75, 3.05) is 39.3 Å². The summed E-state index contributed by atoms with van der Waals surface area (Å²) in [5, 5.41) is 3.29. The molecule has 0 bridgehead atoms. The summed E-state index contributed by atoms with van der Waals surface area (Å²) in [7, 11) is -3.42. The van der Waals surface area contributed by atoms with Crippen LogP contribution in [0.4, 0.5) is 0 Å². The summed E-state index contributed by atoms with van der Waals surface area (Å²) in [5.74, 6) is 0. The molecule has 6 heteroatoms. The minimum atomic E-state index is -3.42. The lowest BCUT2D eigenvalue weighted by Gasteiger charge is -2.27. The highest BCUT2D eigenvalue weighted by Gasteiger charge is 2.20. The smallest absolute Gasteiger partial charge is 0.240 e. The van der Waals surface area contributed by atoms with E-state index in [0.29, 0.717) is 11.4 Å². The summed E-state index contributed by atoms with van der Waals surface area (Å²) in [6, 6.07) is 7.27. The lowest BCUT2D eigenvalue weighted by molar-refractivity contribution is 0.245. The maximum atomic E-state index is 12.4. The lowest BCUT2D eigenvalue weighted by Crippen LogP contribution is -2.46. The molecule has 0 amide bonds. The van der Waals surface area contributed by atoms with Gasteiger partial charge in [0.2, 0.25) is 10.0 Å². The number of piperazine rings is 1. The number of nitrogens with zero attached hydrogens (tertiary/aromatic N) is 1. The highest BCUT2D eigenvalue weighted by Crippen LogP contribution is 2.27. The minimum absolute atomic E-state index is 0.0675. The first-order chi connectivity index (χ1) is 10.8. The molecule has 1 aromatic carbocycles. The van der Waals surface area contributed by atoms with E-state index in [1.54, 1.807) is 12.1 Å². The predicted molar refractivity (Wildman–Crippen MR) is 94.3 cm³/mol. The van der Waals surface area contributed by atoms with E-state index in [9.17, 15) is 8.42 Å². The molecule has 5 nitrogen and oxygen atoms in total. The van der Waals surface area contributed by atoms with E-state index in [0.717, 1.165) is 39.1 Å². The average molecular weight is 340 g/mol.